The molecule has 152 valence electrons. The Morgan fingerprint density at radius 1 is 1.27 bits per heavy atom. The van der Waals surface area contributed by atoms with Gasteiger partial charge in [-0.05, 0) is 38.0 Å². The highest BCUT2D eigenvalue weighted by molar-refractivity contribution is 5.85. The van der Waals surface area contributed by atoms with Gasteiger partial charge in [0.15, 0.2) is 0 Å². The van der Waals surface area contributed by atoms with E-state index in [0.29, 0.717) is 24.9 Å². The number of aromatic nitrogens is 5. The van der Waals surface area contributed by atoms with Crippen LogP contribution in [0.25, 0.3) is 27.9 Å². The van der Waals surface area contributed by atoms with E-state index in [2.05, 4.69) is 19.9 Å². The van der Waals surface area contributed by atoms with E-state index in [1.54, 1.807) is 6.20 Å². The number of amides is 1. The van der Waals surface area contributed by atoms with Crippen LogP contribution in [0.2, 0.25) is 0 Å². The molecule has 1 N–H and O–H groups in total. The first-order chi connectivity index (χ1) is 14.7. The van der Waals surface area contributed by atoms with Crippen LogP contribution in [0.1, 0.15) is 32.2 Å². The molecule has 0 radical (unpaired) electrons. The SMILES string of the molecule is CC(Oc1nc(-c2ccc3nccn3c2)cc2ncn(C3CC3)c12)C1CNC(=O)C1. The summed E-state index contributed by atoms with van der Waals surface area (Å²) in [6.45, 7) is 2.66. The first-order valence-electron chi connectivity index (χ1n) is 10.4. The number of nitrogens with one attached hydrogen (secondary N) is 1. The lowest BCUT2D eigenvalue weighted by Gasteiger charge is -2.20. The first-order valence-corrected chi connectivity index (χ1v) is 10.4. The number of rotatable bonds is 5. The molecular formula is C22H22N6O2. The molecule has 1 aliphatic carbocycles. The predicted molar refractivity (Wildman–Crippen MR) is 111 cm³/mol. The van der Waals surface area contributed by atoms with Gasteiger partial charge in [0.25, 0.3) is 0 Å². The van der Waals surface area contributed by atoms with Gasteiger partial charge in [0.05, 0.1) is 17.5 Å². The number of fused-ring (bicyclic) bond motifs is 2. The minimum absolute atomic E-state index is 0.0824. The first kappa shape index (κ1) is 17.4. The number of carbonyl (C=O) groups is 1. The highest BCUT2D eigenvalue weighted by atomic mass is 16.5. The fourth-order valence-electron chi connectivity index (χ4n) is 4.19. The third-order valence-electron chi connectivity index (χ3n) is 6.12. The van der Waals surface area contributed by atoms with E-state index in [1.807, 2.05) is 48.2 Å². The van der Waals surface area contributed by atoms with E-state index < -0.39 is 0 Å². The molecule has 1 saturated carbocycles. The van der Waals surface area contributed by atoms with Crippen molar-refractivity contribution in [2.75, 3.05) is 6.54 Å². The van der Waals surface area contributed by atoms with Gasteiger partial charge in [-0.25, -0.2) is 15.0 Å². The predicted octanol–water partition coefficient (Wildman–Crippen LogP) is 2.98. The van der Waals surface area contributed by atoms with E-state index in [0.717, 1.165) is 40.8 Å². The van der Waals surface area contributed by atoms with Gasteiger partial charge in [0, 0.05) is 49.1 Å². The van der Waals surface area contributed by atoms with Crippen molar-refractivity contribution in [1.29, 1.82) is 0 Å². The molecule has 2 fully saturated rings. The fourth-order valence-corrected chi connectivity index (χ4v) is 4.19. The minimum atomic E-state index is -0.131. The van der Waals surface area contributed by atoms with Gasteiger partial charge >= 0.3 is 0 Å². The summed E-state index contributed by atoms with van der Waals surface area (Å²) in [5, 5.41) is 2.89. The Balaban J connectivity index is 1.44. The van der Waals surface area contributed by atoms with E-state index in [1.165, 1.54) is 0 Å². The summed E-state index contributed by atoms with van der Waals surface area (Å²) in [6, 6.07) is 6.48. The van der Waals surface area contributed by atoms with Gasteiger partial charge in [0.2, 0.25) is 11.8 Å². The Bertz CT molecular complexity index is 1270. The van der Waals surface area contributed by atoms with Crippen molar-refractivity contribution in [3.05, 3.63) is 43.1 Å². The maximum absolute atomic E-state index is 11.7. The summed E-state index contributed by atoms with van der Waals surface area (Å²) in [6.07, 6.45) is 10.3. The molecule has 6 rings (SSSR count). The summed E-state index contributed by atoms with van der Waals surface area (Å²) in [4.78, 5) is 25.5. The van der Waals surface area contributed by atoms with Crippen molar-refractivity contribution in [1.82, 2.24) is 29.2 Å². The molecule has 4 aromatic heterocycles. The van der Waals surface area contributed by atoms with E-state index in [9.17, 15) is 4.79 Å². The highest BCUT2D eigenvalue weighted by Gasteiger charge is 2.31. The highest BCUT2D eigenvalue weighted by Crippen LogP contribution is 2.40. The quantitative estimate of drug-likeness (QED) is 0.555. The summed E-state index contributed by atoms with van der Waals surface area (Å²) < 4.78 is 10.5. The lowest BCUT2D eigenvalue weighted by Crippen LogP contribution is -2.26. The van der Waals surface area contributed by atoms with Crippen molar-refractivity contribution in [3.8, 4) is 17.1 Å². The van der Waals surface area contributed by atoms with Gasteiger partial charge in [-0.15, -0.1) is 0 Å². The van der Waals surface area contributed by atoms with Crippen LogP contribution >= 0.6 is 0 Å². The average Bonchev–Trinajstić information content (AvgIpc) is 3.14. The van der Waals surface area contributed by atoms with Gasteiger partial charge in [-0.2, -0.15) is 0 Å². The molecule has 1 saturated heterocycles. The van der Waals surface area contributed by atoms with Crippen LogP contribution in [0.3, 0.4) is 0 Å². The number of carbonyl (C=O) groups excluding carboxylic acids is 1. The van der Waals surface area contributed by atoms with Crippen LogP contribution in [0, 0.1) is 5.92 Å². The second-order valence-corrected chi connectivity index (χ2v) is 8.27. The number of nitrogens with zero attached hydrogens (tertiary/aromatic N) is 5. The Kier molecular flexibility index (Phi) is 3.81. The van der Waals surface area contributed by atoms with E-state index in [-0.39, 0.29) is 17.9 Å². The van der Waals surface area contributed by atoms with Gasteiger partial charge in [0.1, 0.15) is 17.3 Å². The molecule has 2 atom stereocenters. The third kappa shape index (κ3) is 2.91. The second-order valence-electron chi connectivity index (χ2n) is 8.27. The summed E-state index contributed by atoms with van der Waals surface area (Å²) in [5.74, 6) is 0.807. The molecule has 1 amide bonds. The third-order valence-corrected chi connectivity index (χ3v) is 6.12. The topological polar surface area (TPSA) is 86.3 Å². The zero-order valence-electron chi connectivity index (χ0n) is 16.7. The molecule has 2 unspecified atom stereocenters. The van der Waals surface area contributed by atoms with Crippen LogP contribution in [-0.4, -0.2) is 42.5 Å². The van der Waals surface area contributed by atoms with Crippen LogP contribution in [0.15, 0.2) is 43.1 Å². The molecule has 0 bridgehead atoms. The Hall–Kier alpha value is -3.42. The van der Waals surface area contributed by atoms with E-state index in [4.69, 9.17) is 9.72 Å². The number of hydrogen-bond donors (Lipinski definition) is 1. The molecule has 5 heterocycles. The summed E-state index contributed by atoms with van der Waals surface area (Å²) in [5.41, 5.74) is 4.48. The summed E-state index contributed by atoms with van der Waals surface area (Å²) in [7, 11) is 0. The van der Waals surface area contributed by atoms with Gasteiger partial charge in [-0.3, -0.25) is 4.79 Å². The van der Waals surface area contributed by atoms with Crippen molar-refractivity contribution < 1.29 is 9.53 Å². The van der Waals surface area contributed by atoms with Crippen molar-refractivity contribution in [2.45, 2.75) is 38.3 Å². The number of ether oxygens (including phenoxy) is 1. The molecule has 4 aromatic rings. The molecule has 8 nitrogen and oxygen atoms in total. The molecular weight excluding hydrogens is 380 g/mol. The number of hydrogen-bond acceptors (Lipinski definition) is 5. The molecule has 0 aromatic carbocycles. The lowest BCUT2D eigenvalue weighted by molar-refractivity contribution is -0.119. The maximum atomic E-state index is 11.7. The van der Waals surface area contributed by atoms with Crippen LogP contribution in [0.5, 0.6) is 5.88 Å². The van der Waals surface area contributed by atoms with Crippen molar-refractivity contribution in [2.24, 2.45) is 5.92 Å². The summed E-state index contributed by atoms with van der Waals surface area (Å²) >= 11 is 0. The second kappa shape index (κ2) is 6.55. The molecule has 8 heteroatoms. The average molecular weight is 402 g/mol. The normalized spacial score (nSPS) is 20.0. The van der Waals surface area contributed by atoms with Crippen molar-refractivity contribution >= 4 is 22.6 Å². The maximum Gasteiger partial charge on any atom is 0.241 e. The zero-order chi connectivity index (χ0) is 20.2. The monoisotopic (exact) mass is 402 g/mol. The standard InChI is InChI=1S/C22H22N6O2/c1-13(15-8-20(29)24-10-15)30-22-21-18(25-12-28(21)16-3-4-16)9-17(26-22)14-2-5-19-23-6-7-27(19)11-14/h2,5-7,9,11-13,15-16H,3-4,8,10H2,1H3,(H,24,29). The lowest BCUT2D eigenvalue weighted by atomic mass is 10.0. The number of imidazole rings is 2. The van der Waals surface area contributed by atoms with Crippen LogP contribution in [-0.2, 0) is 4.79 Å². The van der Waals surface area contributed by atoms with Crippen LogP contribution in [0.4, 0.5) is 0 Å². The van der Waals surface area contributed by atoms with Crippen molar-refractivity contribution in [3.63, 3.8) is 0 Å². The molecule has 2 aliphatic rings. The number of pyridine rings is 2. The fraction of sp³-hybridized carbons (Fsp3) is 0.364. The molecule has 0 spiro atoms. The largest absolute Gasteiger partial charge is 0.473 e. The van der Waals surface area contributed by atoms with Gasteiger partial charge < -0.3 is 19.0 Å². The zero-order valence-corrected chi connectivity index (χ0v) is 16.7. The molecule has 30 heavy (non-hydrogen) atoms. The van der Waals surface area contributed by atoms with E-state index >= 15 is 0 Å². The Morgan fingerprint density at radius 2 is 2.17 bits per heavy atom. The molecule has 1 aliphatic heterocycles. The Morgan fingerprint density at radius 3 is 2.97 bits per heavy atom. The smallest absolute Gasteiger partial charge is 0.241 e. The minimum Gasteiger partial charge on any atom is -0.473 e. The van der Waals surface area contributed by atoms with Gasteiger partial charge in [-0.1, -0.05) is 0 Å². The van der Waals surface area contributed by atoms with Crippen LogP contribution < -0.4 is 10.1 Å². The Labute approximate surface area is 172 Å².